The van der Waals surface area contributed by atoms with Crippen molar-refractivity contribution in [2.24, 2.45) is 5.73 Å². The van der Waals surface area contributed by atoms with Crippen LogP contribution in [0.15, 0.2) is 36.4 Å². The second-order valence-electron chi connectivity index (χ2n) is 4.67. The molecule has 0 aliphatic heterocycles. The molecule has 1 atom stereocenters. The van der Waals surface area contributed by atoms with Crippen LogP contribution in [0, 0.1) is 0 Å². The number of methoxy groups -OCH3 is 1. The maximum atomic E-state index is 11.2. The fourth-order valence-electron chi connectivity index (χ4n) is 2.12. The van der Waals surface area contributed by atoms with Crippen molar-refractivity contribution in [3.05, 3.63) is 42.0 Å². The Hall–Kier alpha value is -2.07. The summed E-state index contributed by atoms with van der Waals surface area (Å²) in [7, 11) is 1.37. The van der Waals surface area contributed by atoms with Gasteiger partial charge in [0.1, 0.15) is 5.75 Å². The van der Waals surface area contributed by atoms with Crippen LogP contribution in [0.1, 0.15) is 24.9 Å². The molecule has 2 rings (SSSR count). The molecule has 0 radical (unpaired) electrons. The average molecular weight is 273 g/mol. The third-order valence-electron chi connectivity index (χ3n) is 3.18. The third kappa shape index (κ3) is 3.08. The lowest BCUT2D eigenvalue weighted by Gasteiger charge is -2.16. The number of nitrogens with two attached hydrogens (primary N) is 1. The summed E-state index contributed by atoms with van der Waals surface area (Å²) < 4.78 is 10.4. The first-order valence-electron chi connectivity index (χ1n) is 6.60. The molecule has 4 heteroatoms. The standard InChI is InChI=1S/C16H19NO3/c1-11(17)13-8-7-12-5-3-4-6-14(12)16(13)20-10-9-15(18)19-2/h3-8,11H,9-10,17H2,1-2H3/t11-/m0/s1. The number of hydrogen-bond acceptors (Lipinski definition) is 4. The first-order valence-corrected chi connectivity index (χ1v) is 6.60. The minimum atomic E-state index is -0.285. The van der Waals surface area contributed by atoms with Gasteiger partial charge in [-0.05, 0) is 12.3 Å². The molecule has 0 bridgehead atoms. The molecule has 0 aliphatic rings. The van der Waals surface area contributed by atoms with Gasteiger partial charge in [-0.1, -0.05) is 36.4 Å². The quantitative estimate of drug-likeness (QED) is 0.851. The topological polar surface area (TPSA) is 61.5 Å². The van der Waals surface area contributed by atoms with Crippen LogP contribution in [0.2, 0.25) is 0 Å². The zero-order valence-corrected chi connectivity index (χ0v) is 11.8. The number of ether oxygens (including phenoxy) is 2. The van der Waals surface area contributed by atoms with Gasteiger partial charge in [0.25, 0.3) is 0 Å². The lowest BCUT2D eigenvalue weighted by molar-refractivity contribution is -0.141. The van der Waals surface area contributed by atoms with E-state index in [1.165, 1.54) is 7.11 Å². The minimum absolute atomic E-state index is 0.132. The molecule has 0 aliphatic carbocycles. The zero-order chi connectivity index (χ0) is 14.5. The summed E-state index contributed by atoms with van der Waals surface area (Å²) in [6.07, 6.45) is 0.220. The maximum Gasteiger partial charge on any atom is 0.308 e. The van der Waals surface area contributed by atoms with Crippen molar-refractivity contribution in [2.75, 3.05) is 13.7 Å². The number of fused-ring (bicyclic) bond motifs is 1. The smallest absolute Gasteiger partial charge is 0.308 e. The van der Waals surface area contributed by atoms with E-state index in [0.717, 1.165) is 22.1 Å². The van der Waals surface area contributed by atoms with E-state index in [1.807, 2.05) is 43.3 Å². The van der Waals surface area contributed by atoms with E-state index in [4.69, 9.17) is 10.5 Å². The van der Waals surface area contributed by atoms with Gasteiger partial charge in [0.2, 0.25) is 0 Å². The Morgan fingerprint density at radius 2 is 2.00 bits per heavy atom. The van der Waals surface area contributed by atoms with Gasteiger partial charge in [0, 0.05) is 17.0 Å². The number of benzene rings is 2. The van der Waals surface area contributed by atoms with Gasteiger partial charge in [-0.3, -0.25) is 4.79 Å². The monoisotopic (exact) mass is 273 g/mol. The second-order valence-corrected chi connectivity index (χ2v) is 4.67. The summed E-state index contributed by atoms with van der Waals surface area (Å²) in [5.74, 6) is 0.467. The largest absolute Gasteiger partial charge is 0.492 e. The highest BCUT2D eigenvalue weighted by Crippen LogP contribution is 2.32. The van der Waals surface area contributed by atoms with E-state index in [1.54, 1.807) is 0 Å². The van der Waals surface area contributed by atoms with Gasteiger partial charge in [-0.15, -0.1) is 0 Å². The van der Waals surface area contributed by atoms with Crippen molar-refractivity contribution >= 4 is 16.7 Å². The fraction of sp³-hybridized carbons (Fsp3) is 0.312. The second kappa shape index (κ2) is 6.39. The predicted octanol–water partition coefficient (Wildman–Crippen LogP) is 2.80. The molecule has 0 heterocycles. The van der Waals surface area contributed by atoms with Crippen LogP contribution in [0.4, 0.5) is 0 Å². The number of carbonyl (C=O) groups is 1. The number of carbonyl (C=O) groups excluding carboxylic acids is 1. The van der Waals surface area contributed by atoms with Crippen LogP contribution >= 0.6 is 0 Å². The highest BCUT2D eigenvalue weighted by molar-refractivity contribution is 5.89. The van der Waals surface area contributed by atoms with Gasteiger partial charge in [-0.2, -0.15) is 0 Å². The van der Waals surface area contributed by atoms with Crippen LogP contribution in [-0.4, -0.2) is 19.7 Å². The van der Waals surface area contributed by atoms with Crippen LogP contribution in [0.5, 0.6) is 5.75 Å². The van der Waals surface area contributed by atoms with E-state index in [0.29, 0.717) is 0 Å². The highest BCUT2D eigenvalue weighted by Gasteiger charge is 2.12. The molecule has 2 aromatic rings. The van der Waals surface area contributed by atoms with Crippen molar-refractivity contribution in [1.29, 1.82) is 0 Å². The van der Waals surface area contributed by atoms with Crippen LogP contribution in [0.3, 0.4) is 0 Å². The predicted molar refractivity (Wildman–Crippen MR) is 78.7 cm³/mol. The van der Waals surface area contributed by atoms with Crippen molar-refractivity contribution in [3.63, 3.8) is 0 Å². The number of hydrogen-bond donors (Lipinski definition) is 1. The zero-order valence-electron chi connectivity index (χ0n) is 11.8. The molecule has 20 heavy (non-hydrogen) atoms. The first kappa shape index (κ1) is 14.3. The van der Waals surface area contributed by atoms with E-state index in [2.05, 4.69) is 4.74 Å². The normalized spacial score (nSPS) is 12.2. The Kier molecular flexibility index (Phi) is 4.58. The number of esters is 1. The molecule has 2 N–H and O–H groups in total. The van der Waals surface area contributed by atoms with Crippen molar-refractivity contribution in [3.8, 4) is 5.75 Å². The summed E-state index contributed by atoms with van der Waals surface area (Å²) >= 11 is 0. The Morgan fingerprint density at radius 1 is 1.25 bits per heavy atom. The van der Waals surface area contributed by atoms with Crippen LogP contribution < -0.4 is 10.5 Å². The summed E-state index contributed by atoms with van der Waals surface area (Å²) in [6.45, 7) is 2.19. The summed E-state index contributed by atoms with van der Waals surface area (Å²) in [6, 6.07) is 11.8. The van der Waals surface area contributed by atoms with Gasteiger partial charge in [-0.25, -0.2) is 0 Å². The van der Waals surface area contributed by atoms with E-state index in [-0.39, 0.29) is 25.0 Å². The van der Waals surface area contributed by atoms with Crippen LogP contribution in [0.25, 0.3) is 10.8 Å². The molecule has 0 saturated carbocycles. The summed E-state index contributed by atoms with van der Waals surface area (Å²) in [4.78, 5) is 11.2. The lowest BCUT2D eigenvalue weighted by atomic mass is 10.0. The Labute approximate surface area is 118 Å². The molecule has 4 nitrogen and oxygen atoms in total. The van der Waals surface area contributed by atoms with E-state index < -0.39 is 0 Å². The Morgan fingerprint density at radius 3 is 2.70 bits per heavy atom. The molecule has 0 saturated heterocycles. The first-order chi connectivity index (χ1) is 9.63. The fourth-order valence-corrected chi connectivity index (χ4v) is 2.12. The molecule has 0 spiro atoms. The molecule has 2 aromatic carbocycles. The summed E-state index contributed by atoms with van der Waals surface area (Å²) in [5, 5.41) is 2.09. The SMILES string of the molecule is COC(=O)CCOc1c([C@H](C)N)ccc2ccccc12. The minimum Gasteiger partial charge on any atom is -0.492 e. The molecule has 106 valence electrons. The average Bonchev–Trinajstić information content (AvgIpc) is 2.46. The van der Waals surface area contributed by atoms with E-state index in [9.17, 15) is 4.79 Å². The Bertz CT molecular complexity index is 608. The van der Waals surface area contributed by atoms with Gasteiger partial charge >= 0.3 is 5.97 Å². The molecule has 0 fully saturated rings. The van der Waals surface area contributed by atoms with Gasteiger partial charge in [0.05, 0.1) is 20.1 Å². The molecular formula is C16H19NO3. The maximum absolute atomic E-state index is 11.2. The third-order valence-corrected chi connectivity index (χ3v) is 3.18. The van der Waals surface area contributed by atoms with Gasteiger partial charge < -0.3 is 15.2 Å². The van der Waals surface area contributed by atoms with Crippen molar-refractivity contribution < 1.29 is 14.3 Å². The molecular weight excluding hydrogens is 254 g/mol. The lowest BCUT2D eigenvalue weighted by Crippen LogP contribution is -2.11. The molecule has 0 aromatic heterocycles. The van der Waals surface area contributed by atoms with Crippen LogP contribution in [-0.2, 0) is 9.53 Å². The highest BCUT2D eigenvalue weighted by atomic mass is 16.5. The van der Waals surface area contributed by atoms with Crippen molar-refractivity contribution in [2.45, 2.75) is 19.4 Å². The number of rotatable bonds is 5. The molecule has 0 unspecified atom stereocenters. The Balaban J connectivity index is 2.32. The van der Waals surface area contributed by atoms with Crippen molar-refractivity contribution in [1.82, 2.24) is 0 Å². The molecule has 0 amide bonds. The van der Waals surface area contributed by atoms with E-state index >= 15 is 0 Å². The summed E-state index contributed by atoms with van der Waals surface area (Å²) in [5.41, 5.74) is 6.93. The van der Waals surface area contributed by atoms with Gasteiger partial charge in [0.15, 0.2) is 0 Å².